The van der Waals surface area contributed by atoms with Gasteiger partial charge in [-0.2, -0.15) is 13.1 Å². The Hall–Kier alpha value is -4.07. The van der Waals surface area contributed by atoms with Gasteiger partial charge in [-0.15, -0.1) is 0 Å². The average molecular weight is 637 g/mol. The molecule has 1 N–H and O–H groups in total. The van der Waals surface area contributed by atoms with Gasteiger partial charge in [0, 0.05) is 57.1 Å². The Labute approximate surface area is 258 Å². The largest absolute Gasteiger partial charge is 0.339 e. The first-order valence-electron chi connectivity index (χ1n) is 14.6. The molecule has 1 saturated carbocycles. The number of carbonyl (C=O) groups is 1. The number of alkyl halides is 2. The maximum Gasteiger partial charge on any atom is 0.295 e. The van der Waals surface area contributed by atoms with Crippen molar-refractivity contribution >= 4 is 21.5 Å². The molecule has 9 nitrogen and oxygen atoms in total. The number of nitrogens with one attached hydrogen (secondary N) is 1. The Morgan fingerprint density at radius 1 is 1.11 bits per heavy atom. The first-order valence-corrected chi connectivity index (χ1v) is 16.1. The number of imidazole rings is 1. The molecule has 2 atom stereocenters. The number of sulfonamides is 1. The summed E-state index contributed by atoms with van der Waals surface area (Å²) in [6.07, 6.45) is 7.05. The van der Waals surface area contributed by atoms with Crippen LogP contribution in [-0.4, -0.2) is 53.2 Å². The molecule has 0 aliphatic heterocycles. The van der Waals surface area contributed by atoms with E-state index >= 15 is 8.78 Å². The van der Waals surface area contributed by atoms with Crippen LogP contribution in [0.1, 0.15) is 48.2 Å². The van der Waals surface area contributed by atoms with Gasteiger partial charge in [0.05, 0.1) is 23.1 Å². The third-order valence-electron chi connectivity index (χ3n) is 9.56. The van der Waals surface area contributed by atoms with Crippen LogP contribution in [0.15, 0.2) is 94.2 Å². The van der Waals surface area contributed by atoms with Crippen molar-refractivity contribution in [2.24, 2.45) is 12.5 Å². The molecule has 13 heteroatoms. The highest BCUT2D eigenvalue weighted by Crippen LogP contribution is 2.60. The molecule has 2 heterocycles. The number of rotatable bonds is 6. The Kier molecular flexibility index (Phi) is 6.73. The van der Waals surface area contributed by atoms with Gasteiger partial charge in [0.25, 0.3) is 15.9 Å². The van der Waals surface area contributed by atoms with E-state index < -0.39 is 39.0 Å². The first-order chi connectivity index (χ1) is 21.4. The maximum absolute atomic E-state index is 15.9. The molecule has 4 bridgehead atoms. The van der Waals surface area contributed by atoms with Crippen LogP contribution < -0.4 is 10.4 Å². The number of hydrogen-bond acceptors (Lipinski definition) is 7. The molecule has 1 fully saturated rings. The third kappa shape index (κ3) is 4.59. The molecule has 3 aromatic rings. The summed E-state index contributed by atoms with van der Waals surface area (Å²) < 4.78 is 75.6. The van der Waals surface area contributed by atoms with Crippen LogP contribution in [-0.2, 0) is 23.0 Å². The number of ketones is 1. The Bertz CT molecular complexity index is 1950. The molecule has 1 aromatic carbocycles. The second-order valence-electron chi connectivity index (χ2n) is 12.1. The zero-order chi connectivity index (χ0) is 31.9. The molecule has 234 valence electrons. The van der Waals surface area contributed by atoms with E-state index in [4.69, 9.17) is 0 Å². The SMILES string of the molecule is CNN(C1=C2C[C@@]3(C[C@@H](N(C)S(=O)(=O)c4cn(C)cn4)CCC3=C1)C(=O)c1cc(ccn1)C(F)(F)C1=C2C1)c1ccc(F)cc1. The van der Waals surface area contributed by atoms with Gasteiger partial charge in [-0.05, 0) is 79.3 Å². The average Bonchev–Trinajstić information content (AvgIpc) is 3.73. The highest BCUT2D eigenvalue weighted by molar-refractivity contribution is 7.89. The highest BCUT2D eigenvalue weighted by Gasteiger charge is 2.56. The van der Waals surface area contributed by atoms with Crippen molar-refractivity contribution in [2.75, 3.05) is 19.1 Å². The van der Waals surface area contributed by atoms with E-state index in [0.717, 1.165) is 5.57 Å². The van der Waals surface area contributed by atoms with Crippen molar-refractivity contribution in [3.63, 3.8) is 0 Å². The monoisotopic (exact) mass is 636 g/mol. The van der Waals surface area contributed by atoms with Crippen LogP contribution in [0, 0.1) is 11.2 Å². The predicted molar refractivity (Wildman–Crippen MR) is 160 cm³/mol. The zero-order valence-corrected chi connectivity index (χ0v) is 25.7. The number of anilines is 1. The van der Waals surface area contributed by atoms with E-state index in [1.807, 2.05) is 6.08 Å². The fourth-order valence-corrected chi connectivity index (χ4v) is 8.41. The lowest BCUT2D eigenvalue weighted by atomic mass is 9.59. The lowest BCUT2D eigenvalue weighted by molar-refractivity contribution is 0.0423. The fourth-order valence-electron chi connectivity index (χ4n) is 7.06. The summed E-state index contributed by atoms with van der Waals surface area (Å²) >= 11 is 0. The van der Waals surface area contributed by atoms with Crippen molar-refractivity contribution in [2.45, 2.75) is 49.1 Å². The van der Waals surface area contributed by atoms with Crippen LogP contribution in [0.2, 0.25) is 0 Å². The van der Waals surface area contributed by atoms with E-state index in [1.165, 1.54) is 54.3 Å². The number of hydrazine groups is 1. The highest BCUT2D eigenvalue weighted by atomic mass is 32.2. The van der Waals surface area contributed by atoms with E-state index in [2.05, 4.69) is 15.4 Å². The summed E-state index contributed by atoms with van der Waals surface area (Å²) in [5.74, 6) is -4.13. The van der Waals surface area contributed by atoms with Crippen molar-refractivity contribution in [3.8, 4) is 0 Å². The lowest BCUT2D eigenvalue weighted by Crippen LogP contribution is -2.49. The molecule has 4 aliphatic carbocycles. The molecule has 4 aliphatic rings. The molecular weight excluding hydrogens is 605 g/mol. The van der Waals surface area contributed by atoms with Crippen LogP contribution in [0.5, 0.6) is 0 Å². The van der Waals surface area contributed by atoms with Crippen LogP contribution in [0.4, 0.5) is 18.9 Å². The predicted octanol–water partition coefficient (Wildman–Crippen LogP) is 5.03. The minimum absolute atomic E-state index is 0.0223. The summed E-state index contributed by atoms with van der Waals surface area (Å²) in [5.41, 5.74) is 4.48. The third-order valence-corrected chi connectivity index (χ3v) is 11.4. The topological polar surface area (TPSA) is 100 Å². The molecule has 0 saturated heterocycles. The Morgan fingerprint density at radius 2 is 1.87 bits per heavy atom. The van der Waals surface area contributed by atoms with Gasteiger partial charge >= 0.3 is 0 Å². The molecule has 1 spiro atoms. The number of aryl methyl sites for hydroxylation is 1. The number of fused-ring (bicyclic) bond motifs is 4. The van der Waals surface area contributed by atoms with Gasteiger partial charge < -0.3 is 4.57 Å². The number of Topliss-reactive ketones (excluding diaryl/α,β-unsaturated/α-hetero) is 1. The number of hydrogen-bond donors (Lipinski definition) is 1. The van der Waals surface area contributed by atoms with Crippen molar-refractivity contribution in [3.05, 3.63) is 106 Å². The summed E-state index contributed by atoms with van der Waals surface area (Å²) in [7, 11) is 0.871. The van der Waals surface area contributed by atoms with Gasteiger partial charge in [-0.25, -0.2) is 23.2 Å². The van der Waals surface area contributed by atoms with Crippen LogP contribution >= 0.6 is 0 Å². The normalized spacial score (nSPS) is 23.8. The molecule has 0 radical (unpaired) electrons. The van der Waals surface area contributed by atoms with Crippen molar-refractivity contribution in [1.82, 2.24) is 24.3 Å². The summed E-state index contributed by atoms with van der Waals surface area (Å²) in [4.78, 5) is 22.9. The molecule has 2 aromatic heterocycles. The Morgan fingerprint density at radius 3 is 2.56 bits per heavy atom. The number of aromatic nitrogens is 3. The number of nitrogens with zero attached hydrogens (tertiary/aromatic N) is 5. The van der Waals surface area contributed by atoms with Gasteiger partial charge in [-0.3, -0.25) is 14.8 Å². The summed E-state index contributed by atoms with van der Waals surface area (Å²) in [6, 6.07) is 7.65. The minimum atomic E-state index is -3.99. The van der Waals surface area contributed by atoms with E-state index in [9.17, 15) is 17.6 Å². The summed E-state index contributed by atoms with van der Waals surface area (Å²) in [5, 5.41) is 1.62. The number of allylic oxidation sites excluding steroid dienone is 5. The standard InChI is InChI=1S/C32H31F3N6O3S/c1-36-41(22-8-5-21(33)6-9-22)28-13-19-4-7-23(40(3)45(43,44)29-17-39(2)18-38-29)15-31(19)16-25(28)24-14-26(24)32(34,35)20-10-11-37-27(12-20)30(31)42/h5-6,8-13,17-18,23,36H,4,7,14-16H2,1-3H3/t23-,31+/m0/s1. The lowest BCUT2D eigenvalue weighted by Gasteiger charge is -2.47. The van der Waals surface area contributed by atoms with E-state index in [0.29, 0.717) is 35.4 Å². The van der Waals surface area contributed by atoms with Gasteiger partial charge in [0.2, 0.25) is 0 Å². The van der Waals surface area contributed by atoms with E-state index in [-0.39, 0.29) is 41.1 Å². The quantitative estimate of drug-likeness (QED) is 0.379. The molecule has 7 rings (SSSR count). The van der Waals surface area contributed by atoms with Crippen LogP contribution in [0.3, 0.4) is 0 Å². The number of pyridine rings is 1. The molecule has 45 heavy (non-hydrogen) atoms. The van der Waals surface area contributed by atoms with Gasteiger partial charge in [-0.1, -0.05) is 5.57 Å². The minimum Gasteiger partial charge on any atom is -0.339 e. The van der Waals surface area contributed by atoms with Crippen LogP contribution in [0.25, 0.3) is 0 Å². The Balaban J connectivity index is 1.40. The second-order valence-corrected chi connectivity index (χ2v) is 14.0. The smallest absolute Gasteiger partial charge is 0.295 e. The molecule has 0 unspecified atom stereocenters. The fraction of sp³-hybridized carbons (Fsp3) is 0.344. The number of halogens is 3. The number of carbonyl (C=O) groups excluding carboxylic acids is 1. The second kappa shape index (κ2) is 10.2. The van der Waals surface area contributed by atoms with E-state index in [1.54, 1.807) is 35.8 Å². The van der Waals surface area contributed by atoms with Crippen molar-refractivity contribution < 1.29 is 26.4 Å². The summed E-state index contributed by atoms with van der Waals surface area (Å²) in [6.45, 7) is 0. The zero-order valence-electron chi connectivity index (χ0n) is 24.9. The molecular formula is C32H31F3N6O3S. The first kappa shape index (κ1) is 29.6. The maximum atomic E-state index is 15.9. The van der Waals surface area contributed by atoms with Crippen molar-refractivity contribution in [1.29, 1.82) is 0 Å². The molecule has 0 amide bonds. The number of benzene rings is 1. The van der Waals surface area contributed by atoms with Gasteiger partial charge in [0.15, 0.2) is 10.8 Å². The van der Waals surface area contributed by atoms with Gasteiger partial charge in [0.1, 0.15) is 11.5 Å².